The van der Waals surface area contributed by atoms with Gasteiger partial charge in [0.15, 0.2) is 4.34 Å². The molecule has 2 aromatic rings. The molecule has 19 heavy (non-hydrogen) atoms. The maximum absolute atomic E-state index is 10.7. The highest BCUT2D eigenvalue weighted by Crippen LogP contribution is 2.30. The highest BCUT2D eigenvalue weighted by molar-refractivity contribution is 9.10. The molecule has 4 nitrogen and oxygen atoms in total. The van der Waals surface area contributed by atoms with Crippen LogP contribution >= 0.6 is 39.0 Å². The molecule has 2 heterocycles. The minimum absolute atomic E-state index is 0.0441. The standard InChI is InChI=1S/C12H11BrN2O2S2/c1-7-10(3-11(16)17)19-12(15-7)18-6-8-2-9(13)5-14-4-8/h2,4-5H,3,6H2,1H3,(H,16,17). The summed E-state index contributed by atoms with van der Waals surface area (Å²) in [5.74, 6) is -0.0502. The molecule has 2 rings (SSSR count). The fraction of sp³-hybridized carbons (Fsp3) is 0.250. The molecule has 0 unspecified atom stereocenters. The van der Waals surface area contributed by atoms with Crippen LogP contribution in [-0.2, 0) is 17.0 Å². The zero-order valence-corrected chi connectivity index (χ0v) is 13.3. The summed E-state index contributed by atoms with van der Waals surface area (Å²) in [7, 11) is 0. The zero-order chi connectivity index (χ0) is 13.8. The summed E-state index contributed by atoms with van der Waals surface area (Å²) in [6, 6.07) is 2.01. The Kier molecular flexibility index (Phi) is 4.95. The number of rotatable bonds is 5. The van der Waals surface area contributed by atoms with Crippen molar-refractivity contribution in [3.8, 4) is 0 Å². The lowest BCUT2D eigenvalue weighted by Crippen LogP contribution is -1.99. The Morgan fingerprint density at radius 3 is 3.00 bits per heavy atom. The molecule has 2 aromatic heterocycles. The van der Waals surface area contributed by atoms with Crippen molar-refractivity contribution < 1.29 is 9.90 Å². The number of nitrogens with zero attached hydrogens (tertiary/aromatic N) is 2. The molecular formula is C12H11BrN2O2S2. The summed E-state index contributed by atoms with van der Waals surface area (Å²) in [6.45, 7) is 1.85. The summed E-state index contributed by atoms with van der Waals surface area (Å²) in [6.07, 6.45) is 3.60. The van der Waals surface area contributed by atoms with Crippen molar-refractivity contribution in [3.05, 3.63) is 39.1 Å². The van der Waals surface area contributed by atoms with E-state index in [0.717, 1.165) is 30.7 Å². The lowest BCUT2D eigenvalue weighted by atomic mass is 10.3. The van der Waals surface area contributed by atoms with E-state index in [4.69, 9.17) is 5.11 Å². The second-order valence-electron chi connectivity index (χ2n) is 3.86. The van der Waals surface area contributed by atoms with Crippen LogP contribution in [-0.4, -0.2) is 21.0 Å². The SMILES string of the molecule is Cc1nc(SCc2cncc(Br)c2)sc1CC(=O)O. The molecule has 0 bridgehead atoms. The van der Waals surface area contributed by atoms with Gasteiger partial charge in [-0.1, -0.05) is 11.8 Å². The Balaban J connectivity index is 2.02. The molecule has 0 aliphatic heterocycles. The maximum atomic E-state index is 10.7. The fourth-order valence-corrected chi connectivity index (χ4v) is 4.00. The average molecular weight is 359 g/mol. The zero-order valence-electron chi connectivity index (χ0n) is 10.1. The third-order valence-corrected chi connectivity index (χ3v) is 5.11. The first-order valence-corrected chi connectivity index (χ1v) is 8.04. The number of carbonyl (C=O) groups is 1. The summed E-state index contributed by atoms with van der Waals surface area (Å²) >= 11 is 6.43. The van der Waals surface area contributed by atoms with Crippen LogP contribution in [0.4, 0.5) is 0 Å². The quantitative estimate of drug-likeness (QED) is 0.828. The number of aliphatic carboxylic acids is 1. The van der Waals surface area contributed by atoms with Crippen LogP contribution in [0.2, 0.25) is 0 Å². The van der Waals surface area contributed by atoms with E-state index in [0.29, 0.717) is 0 Å². The van der Waals surface area contributed by atoms with Gasteiger partial charge in [0.05, 0.1) is 12.1 Å². The molecule has 0 radical (unpaired) electrons. The van der Waals surface area contributed by atoms with Gasteiger partial charge in [-0.15, -0.1) is 11.3 Å². The Bertz CT molecular complexity index is 601. The molecule has 0 aromatic carbocycles. The monoisotopic (exact) mass is 358 g/mol. The van der Waals surface area contributed by atoms with Gasteiger partial charge in [0, 0.05) is 27.5 Å². The molecular weight excluding hydrogens is 348 g/mol. The molecule has 100 valence electrons. The van der Waals surface area contributed by atoms with E-state index in [9.17, 15) is 4.79 Å². The van der Waals surface area contributed by atoms with Crippen LogP contribution < -0.4 is 0 Å². The molecule has 0 spiro atoms. The van der Waals surface area contributed by atoms with Gasteiger partial charge >= 0.3 is 5.97 Å². The first kappa shape index (κ1) is 14.5. The van der Waals surface area contributed by atoms with E-state index < -0.39 is 5.97 Å². The summed E-state index contributed by atoms with van der Waals surface area (Å²) in [5.41, 5.74) is 1.91. The third kappa shape index (κ3) is 4.29. The molecule has 0 fully saturated rings. The number of thiazole rings is 1. The second-order valence-corrected chi connectivity index (χ2v) is 7.08. The van der Waals surface area contributed by atoms with E-state index in [1.54, 1.807) is 18.0 Å². The predicted octanol–water partition coefficient (Wildman–Crippen LogP) is 3.53. The maximum Gasteiger partial charge on any atom is 0.308 e. The minimum atomic E-state index is -0.820. The summed E-state index contributed by atoms with van der Waals surface area (Å²) in [5, 5.41) is 8.80. The van der Waals surface area contributed by atoms with Crippen LogP contribution in [0, 0.1) is 6.92 Å². The number of aryl methyl sites for hydroxylation is 1. The largest absolute Gasteiger partial charge is 0.481 e. The second kappa shape index (κ2) is 6.49. The van der Waals surface area contributed by atoms with Gasteiger partial charge in [-0.3, -0.25) is 9.78 Å². The van der Waals surface area contributed by atoms with Crippen molar-refractivity contribution >= 4 is 45.0 Å². The van der Waals surface area contributed by atoms with Crippen LogP contribution in [0.25, 0.3) is 0 Å². The van der Waals surface area contributed by atoms with Gasteiger partial charge in [-0.05, 0) is 34.5 Å². The van der Waals surface area contributed by atoms with Crippen molar-refractivity contribution in [1.82, 2.24) is 9.97 Å². The minimum Gasteiger partial charge on any atom is -0.481 e. The normalized spacial score (nSPS) is 10.6. The number of halogens is 1. The number of thioether (sulfide) groups is 1. The van der Waals surface area contributed by atoms with Gasteiger partial charge in [0.2, 0.25) is 0 Å². The van der Waals surface area contributed by atoms with E-state index in [1.165, 1.54) is 11.3 Å². The highest BCUT2D eigenvalue weighted by atomic mass is 79.9. The lowest BCUT2D eigenvalue weighted by molar-refractivity contribution is -0.136. The van der Waals surface area contributed by atoms with Crippen molar-refractivity contribution in [2.75, 3.05) is 0 Å². The van der Waals surface area contributed by atoms with Gasteiger partial charge < -0.3 is 5.11 Å². The van der Waals surface area contributed by atoms with Crippen molar-refractivity contribution in [2.24, 2.45) is 0 Å². The number of pyridine rings is 1. The van der Waals surface area contributed by atoms with E-state index >= 15 is 0 Å². The molecule has 0 amide bonds. The third-order valence-electron chi connectivity index (χ3n) is 2.31. The molecule has 1 N–H and O–H groups in total. The Morgan fingerprint density at radius 2 is 2.32 bits per heavy atom. The number of carboxylic acid groups (broad SMARTS) is 1. The van der Waals surface area contributed by atoms with Crippen LogP contribution in [0.3, 0.4) is 0 Å². The van der Waals surface area contributed by atoms with E-state index in [1.807, 2.05) is 19.2 Å². The fourth-order valence-electron chi connectivity index (χ4n) is 1.44. The topological polar surface area (TPSA) is 63.1 Å². The Labute approximate surface area is 127 Å². The molecule has 0 aliphatic carbocycles. The summed E-state index contributed by atoms with van der Waals surface area (Å²) < 4.78 is 1.85. The van der Waals surface area contributed by atoms with E-state index in [-0.39, 0.29) is 6.42 Å². The summed E-state index contributed by atoms with van der Waals surface area (Å²) in [4.78, 5) is 20.0. The number of carboxylic acids is 1. The molecule has 0 saturated carbocycles. The first-order valence-electron chi connectivity index (χ1n) is 5.45. The molecule has 0 atom stereocenters. The smallest absolute Gasteiger partial charge is 0.308 e. The highest BCUT2D eigenvalue weighted by Gasteiger charge is 2.11. The Hall–Kier alpha value is -0.920. The Morgan fingerprint density at radius 1 is 1.53 bits per heavy atom. The van der Waals surface area contributed by atoms with Gasteiger partial charge in [-0.2, -0.15) is 0 Å². The predicted molar refractivity (Wildman–Crippen MR) is 79.7 cm³/mol. The molecule has 0 saturated heterocycles. The number of hydrogen-bond donors (Lipinski definition) is 1. The molecule has 7 heteroatoms. The lowest BCUT2D eigenvalue weighted by Gasteiger charge is -1.98. The first-order chi connectivity index (χ1) is 9.04. The van der Waals surface area contributed by atoms with Crippen LogP contribution in [0.1, 0.15) is 16.1 Å². The number of aromatic nitrogens is 2. The van der Waals surface area contributed by atoms with Crippen LogP contribution in [0.5, 0.6) is 0 Å². The van der Waals surface area contributed by atoms with Gasteiger partial charge in [0.25, 0.3) is 0 Å². The van der Waals surface area contributed by atoms with E-state index in [2.05, 4.69) is 25.9 Å². The van der Waals surface area contributed by atoms with Crippen molar-refractivity contribution in [3.63, 3.8) is 0 Å². The van der Waals surface area contributed by atoms with Crippen molar-refractivity contribution in [1.29, 1.82) is 0 Å². The average Bonchev–Trinajstić information content (AvgIpc) is 2.67. The number of hydrogen-bond acceptors (Lipinski definition) is 5. The van der Waals surface area contributed by atoms with Gasteiger partial charge in [-0.25, -0.2) is 4.98 Å². The van der Waals surface area contributed by atoms with Crippen LogP contribution in [0.15, 0.2) is 27.3 Å². The molecule has 0 aliphatic rings. The van der Waals surface area contributed by atoms with Crippen molar-refractivity contribution in [2.45, 2.75) is 23.4 Å². The van der Waals surface area contributed by atoms with Gasteiger partial charge in [0.1, 0.15) is 0 Å².